The average Bonchev–Trinajstić information content (AvgIpc) is 2.78. The lowest BCUT2D eigenvalue weighted by molar-refractivity contribution is 1.24. The minimum absolute atomic E-state index is 0.831. The van der Waals surface area contributed by atoms with Crippen molar-refractivity contribution in [3.63, 3.8) is 0 Å². The second-order valence-electron chi connectivity index (χ2n) is 4.62. The highest BCUT2D eigenvalue weighted by molar-refractivity contribution is 9.10. The zero-order chi connectivity index (χ0) is 13.4. The van der Waals surface area contributed by atoms with E-state index < -0.39 is 0 Å². The van der Waals surface area contributed by atoms with E-state index in [0.717, 1.165) is 15.9 Å². The second kappa shape index (κ2) is 5.28. The summed E-state index contributed by atoms with van der Waals surface area (Å²) in [6.45, 7) is 2.16. The Bertz CT molecular complexity index is 746. The maximum Gasteiger partial charge on any atom is 0.0442 e. The van der Waals surface area contributed by atoms with Crippen molar-refractivity contribution < 1.29 is 0 Å². The zero-order valence-electron chi connectivity index (χ0n) is 10.4. The summed E-state index contributed by atoms with van der Waals surface area (Å²) in [4.78, 5) is 1.35. The molecular weight excluding hydrogens is 340 g/mol. The fourth-order valence-corrected chi connectivity index (χ4v) is 3.96. The first-order chi connectivity index (χ1) is 9.13. The average molecular weight is 352 g/mol. The van der Waals surface area contributed by atoms with E-state index in [1.807, 2.05) is 23.5 Å². The Hall–Kier alpha value is -0.830. The summed E-state index contributed by atoms with van der Waals surface area (Å²) in [6, 6.07) is 14.7. The molecule has 0 aliphatic carbocycles. The highest BCUT2D eigenvalue weighted by Crippen LogP contribution is 2.31. The quantitative estimate of drug-likeness (QED) is 0.514. The fourth-order valence-electron chi connectivity index (χ4n) is 2.22. The minimum Gasteiger partial charge on any atom is -0.140 e. The zero-order valence-corrected chi connectivity index (χ0v) is 13.6. The standard InChI is InChI=1S/C16H12BrClS/c1-10-3-2-4-11-8-14(19-16(10)11)9-12-7-13(17)5-6-15(12)18/h2-8H,9H2,1H3. The Kier molecular flexibility index (Phi) is 3.66. The van der Waals surface area contributed by atoms with Gasteiger partial charge in [0.25, 0.3) is 0 Å². The predicted molar refractivity (Wildman–Crippen MR) is 88.5 cm³/mol. The van der Waals surface area contributed by atoms with Crippen LogP contribution in [0.3, 0.4) is 0 Å². The molecule has 0 bridgehead atoms. The van der Waals surface area contributed by atoms with Crippen molar-refractivity contribution in [1.29, 1.82) is 0 Å². The van der Waals surface area contributed by atoms with Gasteiger partial charge in [-0.05, 0) is 47.7 Å². The van der Waals surface area contributed by atoms with Crippen molar-refractivity contribution in [3.05, 3.63) is 68.0 Å². The molecule has 19 heavy (non-hydrogen) atoms. The number of hydrogen-bond acceptors (Lipinski definition) is 1. The third-order valence-electron chi connectivity index (χ3n) is 3.16. The van der Waals surface area contributed by atoms with Crippen LogP contribution >= 0.6 is 38.9 Å². The summed E-state index contributed by atoms with van der Waals surface area (Å²) in [5.74, 6) is 0. The summed E-state index contributed by atoms with van der Waals surface area (Å²) < 4.78 is 2.45. The Morgan fingerprint density at radius 1 is 1.16 bits per heavy atom. The maximum atomic E-state index is 6.26. The summed E-state index contributed by atoms with van der Waals surface area (Å²) in [7, 11) is 0. The van der Waals surface area contributed by atoms with Gasteiger partial charge in [0, 0.05) is 25.5 Å². The topological polar surface area (TPSA) is 0 Å². The molecule has 0 atom stereocenters. The molecule has 0 spiro atoms. The molecule has 1 heterocycles. The SMILES string of the molecule is Cc1cccc2cc(Cc3cc(Br)ccc3Cl)sc12. The van der Waals surface area contributed by atoms with Crippen LogP contribution in [0.1, 0.15) is 16.0 Å². The molecule has 0 saturated heterocycles. The van der Waals surface area contributed by atoms with Crippen LogP contribution in [-0.4, -0.2) is 0 Å². The molecule has 3 rings (SSSR count). The molecule has 0 nitrogen and oxygen atoms in total. The van der Waals surface area contributed by atoms with Crippen molar-refractivity contribution in [2.75, 3.05) is 0 Å². The first-order valence-electron chi connectivity index (χ1n) is 6.05. The number of rotatable bonds is 2. The lowest BCUT2D eigenvalue weighted by Crippen LogP contribution is -1.86. The monoisotopic (exact) mass is 350 g/mol. The number of fused-ring (bicyclic) bond motifs is 1. The van der Waals surface area contributed by atoms with Crippen LogP contribution in [0.15, 0.2) is 46.9 Å². The molecule has 0 aliphatic heterocycles. The van der Waals surface area contributed by atoms with E-state index in [-0.39, 0.29) is 0 Å². The summed E-state index contributed by atoms with van der Waals surface area (Å²) in [5, 5.41) is 2.16. The van der Waals surface area contributed by atoms with Crippen LogP contribution in [0.25, 0.3) is 10.1 Å². The van der Waals surface area contributed by atoms with Crippen LogP contribution in [-0.2, 0) is 6.42 Å². The largest absolute Gasteiger partial charge is 0.140 e. The molecule has 0 amide bonds. The van der Waals surface area contributed by atoms with E-state index in [2.05, 4.69) is 53.2 Å². The molecule has 0 saturated carbocycles. The molecule has 0 aliphatic rings. The molecule has 0 fully saturated rings. The van der Waals surface area contributed by atoms with Crippen LogP contribution < -0.4 is 0 Å². The Morgan fingerprint density at radius 2 is 2.00 bits per heavy atom. The van der Waals surface area contributed by atoms with Gasteiger partial charge in [0.1, 0.15) is 0 Å². The highest BCUT2D eigenvalue weighted by atomic mass is 79.9. The van der Waals surface area contributed by atoms with Gasteiger partial charge in [-0.3, -0.25) is 0 Å². The van der Waals surface area contributed by atoms with Crippen LogP contribution in [0.2, 0.25) is 5.02 Å². The van der Waals surface area contributed by atoms with Crippen molar-refractivity contribution in [2.24, 2.45) is 0 Å². The van der Waals surface area contributed by atoms with Gasteiger partial charge in [-0.15, -0.1) is 11.3 Å². The van der Waals surface area contributed by atoms with Gasteiger partial charge < -0.3 is 0 Å². The molecule has 96 valence electrons. The van der Waals surface area contributed by atoms with E-state index in [4.69, 9.17) is 11.6 Å². The number of aryl methyl sites for hydroxylation is 1. The van der Waals surface area contributed by atoms with Gasteiger partial charge in [0.2, 0.25) is 0 Å². The summed E-state index contributed by atoms with van der Waals surface area (Å²) in [5.41, 5.74) is 2.51. The van der Waals surface area contributed by atoms with Gasteiger partial charge in [-0.2, -0.15) is 0 Å². The van der Waals surface area contributed by atoms with Crippen molar-refractivity contribution >= 4 is 49.0 Å². The lowest BCUT2D eigenvalue weighted by atomic mass is 10.1. The van der Waals surface area contributed by atoms with Crippen LogP contribution in [0.5, 0.6) is 0 Å². The Labute approximate surface area is 130 Å². The summed E-state index contributed by atoms with van der Waals surface area (Å²) in [6.07, 6.45) is 0.886. The number of hydrogen-bond donors (Lipinski definition) is 0. The third kappa shape index (κ3) is 2.71. The smallest absolute Gasteiger partial charge is 0.0442 e. The minimum atomic E-state index is 0.831. The van der Waals surface area contributed by atoms with Crippen LogP contribution in [0, 0.1) is 6.92 Å². The Balaban J connectivity index is 2.01. The lowest BCUT2D eigenvalue weighted by Gasteiger charge is -2.02. The van der Waals surface area contributed by atoms with Gasteiger partial charge >= 0.3 is 0 Å². The predicted octanol–water partition coefficient (Wildman–Crippen LogP) is 6.22. The normalized spacial score (nSPS) is 11.1. The molecule has 0 unspecified atom stereocenters. The van der Waals surface area contributed by atoms with E-state index in [1.54, 1.807) is 0 Å². The molecule has 1 aromatic heterocycles. The number of halogens is 2. The molecule has 0 radical (unpaired) electrons. The second-order valence-corrected chi connectivity index (χ2v) is 7.08. The molecule has 0 N–H and O–H groups in total. The van der Waals surface area contributed by atoms with Crippen molar-refractivity contribution in [3.8, 4) is 0 Å². The van der Waals surface area contributed by atoms with E-state index in [0.29, 0.717) is 0 Å². The molecule has 2 aromatic carbocycles. The van der Waals surface area contributed by atoms with Crippen LogP contribution in [0.4, 0.5) is 0 Å². The number of thiophene rings is 1. The molecule has 3 heteroatoms. The Morgan fingerprint density at radius 3 is 2.79 bits per heavy atom. The van der Waals surface area contributed by atoms with Gasteiger partial charge in [0.15, 0.2) is 0 Å². The van der Waals surface area contributed by atoms with Gasteiger partial charge in [-0.1, -0.05) is 45.7 Å². The van der Waals surface area contributed by atoms with Gasteiger partial charge in [0.05, 0.1) is 0 Å². The first kappa shape index (κ1) is 13.2. The van der Waals surface area contributed by atoms with E-state index >= 15 is 0 Å². The fraction of sp³-hybridized carbons (Fsp3) is 0.125. The number of benzene rings is 2. The molecule has 3 aromatic rings. The highest BCUT2D eigenvalue weighted by Gasteiger charge is 2.07. The first-order valence-corrected chi connectivity index (χ1v) is 8.04. The van der Waals surface area contributed by atoms with E-state index in [9.17, 15) is 0 Å². The van der Waals surface area contributed by atoms with Crippen molar-refractivity contribution in [1.82, 2.24) is 0 Å². The van der Waals surface area contributed by atoms with E-state index in [1.165, 1.54) is 26.1 Å². The van der Waals surface area contributed by atoms with Crippen molar-refractivity contribution in [2.45, 2.75) is 13.3 Å². The van der Waals surface area contributed by atoms with Gasteiger partial charge in [-0.25, -0.2) is 0 Å². The molecular formula is C16H12BrClS. The summed E-state index contributed by atoms with van der Waals surface area (Å²) >= 11 is 11.6. The third-order valence-corrected chi connectivity index (χ3v) is 5.31. The maximum absolute atomic E-state index is 6.26.